The van der Waals surface area contributed by atoms with Gasteiger partial charge < -0.3 is 51.3 Å². The molecule has 3 aromatic carbocycles. The Hall–Kier alpha value is -7.18. The third-order valence-electron chi connectivity index (χ3n) is 9.94. The maximum absolute atomic E-state index is 14.1. The van der Waals surface area contributed by atoms with Crippen LogP contribution in [0.4, 0.5) is 14.4 Å². The molecule has 0 unspecified atom stereocenters. The standard InChI is InChI=1S/C48H63N7O12/c1-47(2,3)66-44(61)54-37(28-32-21-23-34(24-22-32)65-46(63)67-48(4,5)6)42(59)53-35(41(58)51-29-39(56)52-36(40(49)57)27-31-15-9-7-10-16-31)19-13-25-50-43(60)38-20-14-26-55(38)45(62)64-30-33-17-11-8-12-18-33/h7-12,15-18,21-24,35-38H,13-14,19-20,25-30H2,1-6H3,(H2,49,57)(H,50,60)(H,51,58)(H,52,56)(H,53,59)(H,54,61)/t35-,36+,37+,38+/m1/s1. The fourth-order valence-corrected chi connectivity index (χ4v) is 6.80. The molecule has 1 heterocycles. The lowest BCUT2D eigenvalue weighted by molar-refractivity contribution is -0.132. The van der Waals surface area contributed by atoms with E-state index in [9.17, 15) is 38.4 Å². The van der Waals surface area contributed by atoms with Gasteiger partial charge in [-0.15, -0.1) is 0 Å². The normalized spacial score (nSPS) is 14.8. The SMILES string of the molecule is CC(C)(C)OC(=O)N[C@@H](Cc1ccc(OC(=O)OC(C)(C)C)cc1)C(=O)N[C@H](CCCNC(=O)[C@@H]1CCCN1C(=O)OCc1ccccc1)C(=O)NCC(=O)N[C@@H](Cc1ccccc1)C(N)=O. The Balaban J connectivity index is 1.46. The van der Waals surface area contributed by atoms with Crippen LogP contribution < -0.4 is 37.1 Å². The van der Waals surface area contributed by atoms with Crippen LogP contribution in [-0.2, 0) is 57.6 Å². The van der Waals surface area contributed by atoms with Crippen molar-refractivity contribution >= 4 is 47.9 Å². The molecule has 0 spiro atoms. The van der Waals surface area contributed by atoms with E-state index in [4.69, 9.17) is 24.7 Å². The third-order valence-corrected chi connectivity index (χ3v) is 9.94. The second-order valence-electron chi connectivity index (χ2n) is 17.9. The quantitative estimate of drug-likeness (QED) is 0.0408. The van der Waals surface area contributed by atoms with Gasteiger partial charge in [0.2, 0.25) is 29.5 Å². The van der Waals surface area contributed by atoms with Gasteiger partial charge in [0.1, 0.15) is 47.7 Å². The van der Waals surface area contributed by atoms with E-state index in [1.807, 2.05) is 30.3 Å². The number of likely N-dealkylation sites (tertiary alicyclic amines) is 1. The molecule has 1 saturated heterocycles. The van der Waals surface area contributed by atoms with Gasteiger partial charge in [-0.2, -0.15) is 0 Å². The highest BCUT2D eigenvalue weighted by Crippen LogP contribution is 2.20. The fraction of sp³-hybridized carbons (Fsp3) is 0.458. The fourth-order valence-electron chi connectivity index (χ4n) is 6.80. The Kier molecular flexibility index (Phi) is 19.5. The first-order chi connectivity index (χ1) is 31.7. The number of benzene rings is 3. The Morgan fingerprint density at radius 1 is 0.687 bits per heavy atom. The molecule has 0 saturated carbocycles. The highest BCUT2D eigenvalue weighted by atomic mass is 16.7. The number of ether oxygens (including phenoxy) is 4. The average molecular weight is 930 g/mol. The summed E-state index contributed by atoms with van der Waals surface area (Å²) in [6.07, 6.45) is -1.34. The zero-order chi connectivity index (χ0) is 49.1. The number of hydrogen-bond donors (Lipinski definition) is 6. The summed E-state index contributed by atoms with van der Waals surface area (Å²) in [5.74, 6) is -3.33. The second-order valence-corrected chi connectivity index (χ2v) is 17.9. The summed E-state index contributed by atoms with van der Waals surface area (Å²) in [6.45, 7) is 9.86. The van der Waals surface area contributed by atoms with E-state index in [1.54, 1.807) is 84.0 Å². The number of nitrogens with one attached hydrogen (secondary N) is 5. The van der Waals surface area contributed by atoms with Crippen molar-refractivity contribution in [2.24, 2.45) is 5.73 Å². The molecule has 1 aliphatic heterocycles. The maximum Gasteiger partial charge on any atom is 0.514 e. The predicted molar refractivity (Wildman–Crippen MR) is 245 cm³/mol. The van der Waals surface area contributed by atoms with Gasteiger partial charge in [-0.3, -0.25) is 28.9 Å². The van der Waals surface area contributed by atoms with Crippen molar-refractivity contribution in [3.05, 3.63) is 102 Å². The van der Waals surface area contributed by atoms with E-state index >= 15 is 0 Å². The van der Waals surface area contributed by atoms with Gasteiger partial charge in [0.25, 0.3) is 0 Å². The molecule has 19 heteroatoms. The number of carbonyl (C=O) groups is 8. The average Bonchev–Trinajstić information content (AvgIpc) is 3.76. The molecule has 4 atom stereocenters. The first-order valence-corrected chi connectivity index (χ1v) is 22.1. The maximum atomic E-state index is 14.1. The number of amides is 7. The number of rotatable bonds is 20. The minimum atomic E-state index is -1.31. The van der Waals surface area contributed by atoms with Crippen LogP contribution >= 0.6 is 0 Å². The minimum absolute atomic E-state index is 0.0411. The van der Waals surface area contributed by atoms with Crippen LogP contribution in [0.2, 0.25) is 0 Å². The van der Waals surface area contributed by atoms with Gasteiger partial charge in [-0.25, -0.2) is 14.4 Å². The van der Waals surface area contributed by atoms with Crippen molar-refractivity contribution in [2.75, 3.05) is 19.6 Å². The van der Waals surface area contributed by atoms with Crippen LogP contribution in [-0.4, -0.2) is 108 Å². The number of nitrogens with two attached hydrogens (primary N) is 1. The summed E-state index contributed by atoms with van der Waals surface area (Å²) in [4.78, 5) is 106. The van der Waals surface area contributed by atoms with E-state index in [0.717, 1.165) is 11.1 Å². The van der Waals surface area contributed by atoms with E-state index in [2.05, 4.69) is 26.6 Å². The molecule has 7 amide bonds. The van der Waals surface area contributed by atoms with Crippen molar-refractivity contribution in [2.45, 2.75) is 122 Å². The lowest BCUT2D eigenvalue weighted by Gasteiger charge is -2.26. The van der Waals surface area contributed by atoms with Crippen LogP contribution in [0.15, 0.2) is 84.9 Å². The van der Waals surface area contributed by atoms with Gasteiger partial charge in [-0.05, 0) is 96.0 Å². The lowest BCUT2D eigenvalue weighted by Crippen LogP contribution is -2.56. The van der Waals surface area contributed by atoms with Gasteiger partial charge in [0.05, 0.1) is 6.54 Å². The van der Waals surface area contributed by atoms with Crippen LogP contribution in [0, 0.1) is 0 Å². The first-order valence-electron chi connectivity index (χ1n) is 22.1. The van der Waals surface area contributed by atoms with Crippen LogP contribution in [0.3, 0.4) is 0 Å². The number of primary amides is 1. The summed E-state index contributed by atoms with van der Waals surface area (Å²) in [5, 5.41) is 13.1. The summed E-state index contributed by atoms with van der Waals surface area (Å²) >= 11 is 0. The van der Waals surface area contributed by atoms with E-state index < -0.39 is 89.8 Å². The Bertz CT molecular complexity index is 2160. The number of carbonyl (C=O) groups excluding carboxylic acids is 8. The molecule has 3 aromatic rings. The predicted octanol–water partition coefficient (Wildman–Crippen LogP) is 3.95. The Labute approximate surface area is 390 Å². The van der Waals surface area contributed by atoms with Crippen LogP contribution in [0.1, 0.15) is 83.9 Å². The molecular weight excluding hydrogens is 867 g/mol. The molecule has 19 nitrogen and oxygen atoms in total. The molecule has 362 valence electrons. The van der Waals surface area contributed by atoms with E-state index in [-0.39, 0.29) is 44.6 Å². The van der Waals surface area contributed by atoms with E-state index in [1.165, 1.54) is 17.0 Å². The third kappa shape index (κ3) is 19.1. The number of hydrogen-bond acceptors (Lipinski definition) is 12. The molecule has 67 heavy (non-hydrogen) atoms. The smallest absolute Gasteiger partial charge is 0.445 e. The van der Waals surface area contributed by atoms with Gasteiger partial charge in [-0.1, -0.05) is 72.8 Å². The molecule has 0 bridgehead atoms. The molecule has 7 N–H and O–H groups in total. The van der Waals surface area contributed by atoms with Crippen molar-refractivity contribution < 1.29 is 57.3 Å². The number of nitrogens with zero attached hydrogens (tertiary/aromatic N) is 1. The molecule has 1 fully saturated rings. The van der Waals surface area contributed by atoms with Crippen molar-refractivity contribution in [3.8, 4) is 5.75 Å². The Morgan fingerprint density at radius 3 is 1.90 bits per heavy atom. The summed E-state index contributed by atoms with van der Waals surface area (Å²) in [5.41, 5.74) is 5.93. The van der Waals surface area contributed by atoms with Crippen molar-refractivity contribution in [1.82, 2.24) is 31.5 Å². The first kappa shape index (κ1) is 52.4. The largest absolute Gasteiger partial charge is 0.514 e. The summed E-state index contributed by atoms with van der Waals surface area (Å²) < 4.78 is 21.3. The number of alkyl carbamates (subject to hydrolysis) is 1. The minimum Gasteiger partial charge on any atom is -0.445 e. The summed E-state index contributed by atoms with van der Waals surface area (Å²) in [6, 6.07) is 19.7. The molecule has 4 rings (SSSR count). The highest BCUT2D eigenvalue weighted by Gasteiger charge is 2.35. The molecule has 0 radical (unpaired) electrons. The van der Waals surface area contributed by atoms with E-state index in [0.29, 0.717) is 24.9 Å². The highest BCUT2D eigenvalue weighted by molar-refractivity contribution is 5.94. The Morgan fingerprint density at radius 2 is 1.28 bits per heavy atom. The molecule has 0 aliphatic carbocycles. The zero-order valence-corrected chi connectivity index (χ0v) is 38.9. The van der Waals surface area contributed by atoms with Crippen LogP contribution in [0.5, 0.6) is 5.75 Å². The lowest BCUT2D eigenvalue weighted by atomic mass is 10.0. The van der Waals surface area contributed by atoms with Crippen LogP contribution in [0.25, 0.3) is 0 Å². The zero-order valence-electron chi connectivity index (χ0n) is 38.9. The monoisotopic (exact) mass is 929 g/mol. The van der Waals surface area contributed by atoms with Gasteiger partial charge in [0.15, 0.2) is 0 Å². The molecule has 1 aliphatic rings. The van der Waals surface area contributed by atoms with Gasteiger partial charge >= 0.3 is 18.3 Å². The van der Waals surface area contributed by atoms with Gasteiger partial charge in [0, 0.05) is 25.9 Å². The molecular formula is C48H63N7O12. The van der Waals surface area contributed by atoms with Crippen molar-refractivity contribution in [1.29, 1.82) is 0 Å². The van der Waals surface area contributed by atoms with Crippen molar-refractivity contribution in [3.63, 3.8) is 0 Å². The topological polar surface area (TPSA) is 263 Å². The second kappa shape index (κ2) is 24.9. The summed E-state index contributed by atoms with van der Waals surface area (Å²) in [7, 11) is 0. The molecule has 0 aromatic heterocycles.